The van der Waals surface area contributed by atoms with Crippen LogP contribution in [-0.2, 0) is 52.8 Å². The predicted molar refractivity (Wildman–Crippen MR) is 251 cm³/mol. The van der Waals surface area contributed by atoms with Crippen LogP contribution >= 0.6 is 0 Å². The second-order valence-corrected chi connectivity index (χ2v) is 19.3. The molecule has 3 amide bonds. The van der Waals surface area contributed by atoms with Crippen LogP contribution in [0.1, 0.15) is 96.6 Å². The van der Waals surface area contributed by atoms with Crippen molar-refractivity contribution in [3.8, 4) is 22.4 Å². The Kier molecular flexibility index (Phi) is 14.4. The summed E-state index contributed by atoms with van der Waals surface area (Å²) in [4.78, 5) is 75.7. The van der Waals surface area contributed by atoms with E-state index >= 15 is 0 Å². The molecule has 2 unspecified atom stereocenters. The van der Waals surface area contributed by atoms with Gasteiger partial charge in [0.15, 0.2) is 5.78 Å². The molecule has 6 atom stereocenters. The Balaban J connectivity index is 1.29. The molecule has 4 heterocycles. The number of pyridine rings is 1. The molecule has 0 spiro atoms. The quantitative estimate of drug-likeness (QED) is 0.116. The Morgan fingerprint density at radius 3 is 2.52 bits per heavy atom. The highest BCUT2D eigenvalue weighted by molar-refractivity contribution is 5.96. The predicted octanol–water partition coefficient (Wildman–Crippen LogP) is 7.40. The third-order valence-electron chi connectivity index (χ3n) is 13.7. The lowest BCUT2D eigenvalue weighted by atomic mass is 9.84. The Morgan fingerprint density at radius 1 is 1.05 bits per heavy atom. The summed E-state index contributed by atoms with van der Waals surface area (Å²) >= 11 is 0. The minimum absolute atomic E-state index is 0.0669. The average molecular weight is 887 g/mol. The van der Waals surface area contributed by atoms with Crippen molar-refractivity contribution in [2.75, 3.05) is 27.3 Å². The molecule has 0 radical (unpaired) electrons. The first-order chi connectivity index (χ1) is 31.0. The maximum Gasteiger partial charge on any atom is 0.324 e. The van der Waals surface area contributed by atoms with E-state index in [1.165, 1.54) is 16.0 Å². The van der Waals surface area contributed by atoms with Gasteiger partial charge in [-0.1, -0.05) is 64.6 Å². The normalized spacial score (nSPS) is 22.2. The highest BCUT2D eigenvalue weighted by Gasteiger charge is 2.41. The van der Waals surface area contributed by atoms with Crippen LogP contribution in [0.4, 0.5) is 0 Å². The molecule has 2 aliphatic heterocycles. The Morgan fingerprint density at radius 2 is 1.80 bits per heavy atom. The summed E-state index contributed by atoms with van der Waals surface area (Å²) in [5.74, 6) is -2.49. The molecular formula is C52H66N6O7. The van der Waals surface area contributed by atoms with Gasteiger partial charge in [-0.3, -0.25) is 34.0 Å². The molecule has 3 aliphatic rings. The van der Waals surface area contributed by atoms with E-state index in [1.807, 2.05) is 39.0 Å². The lowest BCUT2D eigenvalue weighted by Crippen LogP contribution is -2.62. The molecule has 2 aromatic heterocycles. The fourth-order valence-corrected chi connectivity index (χ4v) is 10.2. The van der Waals surface area contributed by atoms with Crippen molar-refractivity contribution in [3.05, 3.63) is 90.3 Å². The molecule has 1 aliphatic carbocycles. The number of ketones is 1. The highest BCUT2D eigenvalue weighted by Crippen LogP contribution is 2.42. The number of rotatable bonds is 11. The molecular weight excluding hydrogens is 821 g/mol. The molecule has 4 aromatic rings. The van der Waals surface area contributed by atoms with Gasteiger partial charge < -0.3 is 24.3 Å². The van der Waals surface area contributed by atoms with Crippen molar-refractivity contribution >= 4 is 40.4 Å². The van der Waals surface area contributed by atoms with E-state index in [-0.39, 0.29) is 42.7 Å². The first-order valence-corrected chi connectivity index (χ1v) is 23.3. The van der Waals surface area contributed by atoms with Crippen LogP contribution in [0.15, 0.2) is 73.4 Å². The summed E-state index contributed by atoms with van der Waals surface area (Å²) in [5.41, 5.74) is 10.5. The van der Waals surface area contributed by atoms with Gasteiger partial charge in [0.2, 0.25) is 11.8 Å². The fraction of sp³-hybridized carbons (Fsp3) is 0.500. The minimum atomic E-state index is -1.04. The van der Waals surface area contributed by atoms with Gasteiger partial charge in [0, 0.05) is 73.6 Å². The van der Waals surface area contributed by atoms with Gasteiger partial charge >= 0.3 is 5.97 Å². The Bertz CT molecular complexity index is 2460. The van der Waals surface area contributed by atoms with Gasteiger partial charge in [-0.15, -0.1) is 0 Å². The number of aromatic nitrogens is 2. The molecule has 346 valence electrons. The van der Waals surface area contributed by atoms with Crippen molar-refractivity contribution in [2.24, 2.45) is 23.2 Å². The second kappa shape index (κ2) is 19.8. The van der Waals surface area contributed by atoms with Gasteiger partial charge in [0.25, 0.3) is 5.91 Å². The maximum atomic E-state index is 14.7. The molecule has 2 fully saturated rings. The van der Waals surface area contributed by atoms with E-state index in [2.05, 4.69) is 79.1 Å². The third-order valence-corrected chi connectivity index (χ3v) is 13.7. The Hall–Kier alpha value is -5.66. The number of hydrogen-bond acceptors (Lipinski definition) is 9. The summed E-state index contributed by atoms with van der Waals surface area (Å²) in [7, 11) is 3.32. The summed E-state index contributed by atoms with van der Waals surface area (Å²) < 4.78 is 14.3. The lowest BCUT2D eigenvalue weighted by Gasteiger charge is -2.37. The number of carbonyl (C=O) groups is 5. The number of nitrogens with zero attached hydrogens (tertiary/aromatic N) is 4. The molecule has 1 saturated carbocycles. The van der Waals surface area contributed by atoms with Crippen molar-refractivity contribution in [1.29, 1.82) is 0 Å². The summed E-state index contributed by atoms with van der Waals surface area (Å²) in [6, 6.07) is 15.9. The molecule has 6 bridgehead atoms. The zero-order valence-electron chi connectivity index (χ0n) is 39.3. The van der Waals surface area contributed by atoms with E-state index in [4.69, 9.17) is 14.5 Å². The largest absolute Gasteiger partial charge is 0.464 e. The van der Waals surface area contributed by atoms with E-state index in [0.29, 0.717) is 51.6 Å². The van der Waals surface area contributed by atoms with Gasteiger partial charge in [-0.25, -0.2) is 5.43 Å². The fourth-order valence-electron chi connectivity index (χ4n) is 10.2. The Labute approximate surface area is 383 Å². The smallest absolute Gasteiger partial charge is 0.324 e. The number of esters is 1. The van der Waals surface area contributed by atoms with Crippen LogP contribution in [-0.4, -0.2) is 94.4 Å². The molecule has 13 nitrogen and oxygen atoms in total. The highest BCUT2D eigenvalue weighted by atomic mass is 16.5. The molecule has 65 heavy (non-hydrogen) atoms. The van der Waals surface area contributed by atoms with E-state index in [1.54, 1.807) is 20.4 Å². The minimum Gasteiger partial charge on any atom is -0.464 e. The zero-order chi connectivity index (χ0) is 46.7. The van der Waals surface area contributed by atoms with Crippen molar-refractivity contribution < 1.29 is 33.4 Å². The number of nitrogens with one attached hydrogen (secondary N) is 2. The van der Waals surface area contributed by atoms with Crippen LogP contribution in [0.25, 0.3) is 33.3 Å². The van der Waals surface area contributed by atoms with E-state index in [0.717, 1.165) is 50.1 Å². The van der Waals surface area contributed by atoms with Crippen LogP contribution in [0.5, 0.6) is 0 Å². The topological polar surface area (TPSA) is 152 Å². The number of hydrogen-bond donors (Lipinski definition) is 2. The number of cyclic esters (lactones) is 1. The number of amides is 3. The van der Waals surface area contributed by atoms with Gasteiger partial charge in [-0.05, 0) is 111 Å². The monoisotopic (exact) mass is 886 g/mol. The number of carbonyl (C=O) groups excluding carboxylic acids is 5. The lowest BCUT2D eigenvalue weighted by molar-refractivity contribution is -0.155. The average Bonchev–Trinajstić information content (AvgIpc) is 3.92. The number of methoxy groups -OCH3 is 1. The number of fused-ring (bicyclic) bond motifs is 6. The van der Waals surface area contributed by atoms with Crippen LogP contribution in [0, 0.1) is 23.2 Å². The number of aryl methyl sites for hydroxylation is 1. The number of ether oxygens (including phenoxy) is 2. The van der Waals surface area contributed by atoms with Gasteiger partial charge in [-0.2, -0.15) is 0 Å². The summed E-state index contributed by atoms with van der Waals surface area (Å²) in [5, 5.41) is 5.59. The maximum absolute atomic E-state index is 14.7. The van der Waals surface area contributed by atoms with Crippen molar-refractivity contribution in [1.82, 2.24) is 30.2 Å². The van der Waals surface area contributed by atoms with E-state index in [9.17, 15) is 24.0 Å². The second-order valence-electron chi connectivity index (χ2n) is 19.3. The summed E-state index contributed by atoms with van der Waals surface area (Å²) in [6.45, 7) is 16.9. The van der Waals surface area contributed by atoms with Crippen LogP contribution < -0.4 is 10.7 Å². The first-order valence-electron chi connectivity index (χ1n) is 23.3. The first kappa shape index (κ1) is 47.3. The van der Waals surface area contributed by atoms with E-state index < -0.39 is 47.2 Å². The number of likely N-dealkylation sites (N-methyl/N-ethyl adjacent to an activating group) is 1. The van der Waals surface area contributed by atoms with Gasteiger partial charge in [0.05, 0.1) is 24.1 Å². The van der Waals surface area contributed by atoms with Crippen molar-refractivity contribution in [3.63, 3.8) is 0 Å². The number of benzene rings is 2. The third kappa shape index (κ3) is 9.96. The standard InChI is InChI=1S/C52H66N6O7/c1-10-44(59)36-19-20-37(27-36)49(61)56(8)46(31(3)4)48(60)54-42-26-33-15-12-16-34(25-33)35-21-22-43-39(28-35)40(47(57(43)11-2)38-17-13-23-53-45(38)32(5)64-9)29-52(6,7)30-65-51(63)41-18-14-24-58(55-41)50(42)62/h10,12-13,15-17,21-23,25,28,31-32,36-37,41-42,46,55H,1,11,14,18-20,24,26-27,29-30H2,2-9H3,(H,54,60)/t32-,36?,37-,41-,42-,46?/m0/s1. The molecule has 2 aromatic carbocycles. The van der Waals surface area contributed by atoms with Crippen LogP contribution in [0.2, 0.25) is 0 Å². The number of hydrazine groups is 1. The molecule has 7 rings (SSSR count). The number of allylic oxidation sites excluding steroid dienone is 1. The summed E-state index contributed by atoms with van der Waals surface area (Å²) in [6.07, 6.45) is 6.20. The van der Waals surface area contributed by atoms with Crippen molar-refractivity contribution in [2.45, 2.75) is 117 Å². The zero-order valence-corrected chi connectivity index (χ0v) is 39.3. The molecule has 1 saturated heterocycles. The molecule has 2 N–H and O–H groups in total. The SMILES string of the molecule is C=CC(=O)C1CC[C@H](C(=O)N(C)C(C(=O)N[C@H]2Cc3cccc(c3)-c3ccc4c(c3)c(c(-c3cccnc3[C@H](C)OC)n4CC)CC(C)(C)COC(=O)[C@@H]3CCCN(N3)C2=O)C(C)C)C1. The molecule has 13 heteroatoms. The van der Waals surface area contributed by atoms with Gasteiger partial charge in [0.1, 0.15) is 18.1 Å². The van der Waals surface area contributed by atoms with Crippen LogP contribution in [0.3, 0.4) is 0 Å².